The maximum absolute atomic E-state index is 5.79. The first-order valence-corrected chi connectivity index (χ1v) is 9.82. The molecule has 1 aromatic rings. The quantitative estimate of drug-likeness (QED) is 0.519. The molecule has 1 fully saturated rings. The van der Waals surface area contributed by atoms with Crippen LogP contribution in [-0.2, 0) is 12.3 Å². The summed E-state index contributed by atoms with van der Waals surface area (Å²) in [5.41, 5.74) is 1.03. The Morgan fingerprint density at radius 1 is 1.33 bits per heavy atom. The first-order chi connectivity index (χ1) is 10.2. The van der Waals surface area contributed by atoms with Gasteiger partial charge in [-0.2, -0.15) is 0 Å². The van der Waals surface area contributed by atoms with E-state index in [2.05, 4.69) is 29.1 Å². The maximum Gasteiger partial charge on any atom is 0.0928 e. The Balaban J connectivity index is 1.62. The van der Waals surface area contributed by atoms with Crippen LogP contribution in [0.2, 0.25) is 0 Å². The number of rotatable bonds is 7. The lowest BCUT2D eigenvalue weighted by atomic mass is 9.89. The van der Waals surface area contributed by atoms with Crippen molar-refractivity contribution >= 4 is 22.9 Å². The van der Waals surface area contributed by atoms with Crippen LogP contribution in [0.5, 0.6) is 0 Å². The molecule has 1 aliphatic rings. The normalized spacial score (nSPS) is 20.9. The van der Waals surface area contributed by atoms with Crippen molar-refractivity contribution in [3.8, 4) is 0 Å². The minimum atomic E-state index is 0.543. The molecular weight excluding hydrogens is 300 g/mol. The molecule has 4 heteroatoms. The highest BCUT2D eigenvalue weighted by molar-refractivity contribution is 7.09. The molecule has 1 aromatic heterocycles. The monoisotopic (exact) mass is 328 g/mol. The third-order valence-corrected chi connectivity index (χ3v) is 5.89. The van der Waals surface area contributed by atoms with Crippen molar-refractivity contribution in [2.75, 3.05) is 19.6 Å². The number of hydrogen-bond donors (Lipinski definition) is 0. The summed E-state index contributed by atoms with van der Waals surface area (Å²) in [6, 6.07) is 0. The van der Waals surface area contributed by atoms with E-state index < -0.39 is 0 Å². The number of alkyl halides is 1. The predicted molar refractivity (Wildman–Crippen MR) is 93.2 cm³/mol. The second kappa shape index (κ2) is 9.12. The van der Waals surface area contributed by atoms with E-state index in [9.17, 15) is 0 Å². The van der Waals surface area contributed by atoms with Crippen molar-refractivity contribution in [1.29, 1.82) is 0 Å². The van der Waals surface area contributed by atoms with Crippen molar-refractivity contribution in [3.63, 3.8) is 0 Å². The second-order valence-corrected chi connectivity index (χ2v) is 7.81. The van der Waals surface area contributed by atoms with Crippen molar-refractivity contribution in [2.24, 2.45) is 11.8 Å². The van der Waals surface area contributed by atoms with E-state index in [-0.39, 0.29) is 0 Å². The van der Waals surface area contributed by atoms with Crippen LogP contribution < -0.4 is 0 Å². The Kier molecular flexibility index (Phi) is 7.48. The predicted octanol–water partition coefficient (Wildman–Crippen LogP) is 4.96. The number of likely N-dealkylation sites (tertiary alicyclic amines) is 1. The van der Waals surface area contributed by atoms with Gasteiger partial charge in [0.1, 0.15) is 0 Å². The fraction of sp³-hybridized carbons (Fsp3) is 0.824. The highest BCUT2D eigenvalue weighted by Crippen LogP contribution is 2.24. The van der Waals surface area contributed by atoms with Crippen molar-refractivity contribution in [3.05, 3.63) is 16.1 Å². The number of thiazole rings is 1. The Morgan fingerprint density at radius 2 is 2.19 bits per heavy atom. The number of aryl methyl sites for hydroxylation is 1. The minimum absolute atomic E-state index is 0.543. The average molecular weight is 329 g/mol. The van der Waals surface area contributed by atoms with Gasteiger partial charge in [-0.05, 0) is 70.0 Å². The smallest absolute Gasteiger partial charge is 0.0928 e. The summed E-state index contributed by atoms with van der Waals surface area (Å²) < 4.78 is 0. The van der Waals surface area contributed by atoms with Crippen LogP contribution in [-0.4, -0.2) is 29.5 Å². The lowest BCUT2D eigenvalue weighted by Crippen LogP contribution is -2.26. The largest absolute Gasteiger partial charge is 0.303 e. The molecular formula is C17H29ClN2S. The molecule has 0 N–H and O–H groups in total. The molecule has 0 bridgehead atoms. The fourth-order valence-electron chi connectivity index (χ4n) is 3.21. The van der Waals surface area contributed by atoms with Gasteiger partial charge in [0.15, 0.2) is 0 Å². The Hall–Kier alpha value is -0.120. The molecule has 0 amide bonds. The molecule has 1 saturated heterocycles. The van der Waals surface area contributed by atoms with E-state index in [1.54, 1.807) is 11.3 Å². The molecule has 0 radical (unpaired) electrons. The Morgan fingerprint density at radius 3 is 2.90 bits per heavy atom. The first kappa shape index (κ1) is 17.2. The summed E-state index contributed by atoms with van der Waals surface area (Å²) in [6.07, 6.45) is 7.86. The van der Waals surface area contributed by atoms with E-state index in [4.69, 9.17) is 11.6 Å². The first-order valence-electron chi connectivity index (χ1n) is 8.40. The lowest BCUT2D eigenvalue weighted by Gasteiger charge is -2.21. The molecule has 2 nitrogen and oxygen atoms in total. The minimum Gasteiger partial charge on any atom is -0.303 e. The van der Waals surface area contributed by atoms with Crippen LogP contribution in [0.1, 0.15) is 56.7 Å². The van der Waals surface area contributed by atoms with Crippen molar-refractivity contribution in [1.82, 2.24) is 9.88 Å². The number of aromatic nitrogens is 1. The summed E-state index contributed by atoms with van der Waals surface area (Å²) in [7, 11) is 0. The molecule has 1 atom stereocenters. The molecule has 1 aliphatic heterocycles. The van der Waals surface area contributed by atoms with Crippen LogP contribution in [0.3, 0.4) is 0 Å². The van der Waals surface area contributed by atoms with Crippen LogP contribution in [0.4, 0.5) is 0 Å². The van der Waals surface area contributed by atoms with Gasteiger partial charge in [0.2, 0.25) is 0 Å². The van der Waals surface area contributed by atoms with Gasteiger partial charge in [-0.1, -0.05) is 13.8 Å². The molecule has 0 aliphatic carbocycles. The standard InChI is InChI=1S/C17H29ClN2S/c1-14(2)15-6-5-10-20(11-8-15)9-4-3-7-17-19-16(12-18)13-21-17/h13-15H,3-12H2,1-2H3. The number of hydrogen-bond acceptors (Lipinski definition) is 3. The zero-order chi connectivity index (χ0) is 15.1. The summed E-state index contributed by atoms with van der Waals surface area (Å²) in [5, 5.41) is 3.34. The lowest BCUT2D eigenvalue weighted by molar-refractivity contribution is 0.267. The molecule has 1 unspecified atom stereocenters. The molecule has 0 spiro atoms. The van der Waals surface area contributed by atoms with Crippen LogP contribution in [0.15, 0.2) is 5.38 Å². The summed E-state index contributed by atoms with van der Waals surface area (Å²) in [4.78, 5) is 7.21. The fourth-order valence-corrected chi connectivity index (χ4v) is 4.28. The van der Waals surface area contributed by atoms with Gasteiger partial charge in [-0.15, -0.1) is 22.9 Å². The van der Waals surface area contributed by atoms with Gasteiger partial charge < -0.3 is 4.90 Å². The summed E-state index contributed by atoms with van der Waals surface area (Å²) in [5.74, 6) is 2.34. The topological polar surface area (TPSA) is 16.1 Å². The third-order valence-electron chi connectivity index (χ3n) is 4.66. The van der Waals surface area contributed by atoms with E-state index in [0.717, 1.165) is 24.0 Å². The van der Waals surface area contributed by atoms with Crippen molar-refractivity contribution < 1.29 is 0 Å². The number of nitrogens with zero attached hydrogens (tertiary/aromatic N) is 2. The SMILES string of the molecule is CC(C)C1CCCN(CCCCc2nc(CCl)cs2)CC1. The summed E-state index contributed by atoms with van der Waals surface area (Å²) in [6.45, 7) is 8.62. The van der Waals surface area contributed by atoms with Crippen LogP contribution in [0, 0.1) is 11.8 Å². The van der Waals surface area contributed by atoms with Crippen molar-refractivity contribution in [2.45, 2.75) is 58.3 Å². The molecule has 2 rings (SSSR count). The molecule has 0 aromatic carbocycles. The molecule has 2 heterocycles. The highest BCUT2D eigenvalue weighted by Gasteiger charge is 2.18. The third kappa shape index (κ3) is 5.88. The number of unbranched alkanes of at least 4 members (excludes halogenated alkanes) is 1. The van der Waals surface area contributed by atoms with Gasteiger partial charge in [-0.25, -0.2) is 4.98 Å². The zero-order valence-electron chi connectivity index (χ0n) is 13.5. The van der Waals surface area contributed by atoms with Gasteiger partial charge in [0.05, 0.1) is 16.6 Å². The molecule has 21 heavy (non-hydrogen) atoms. The number of halogens is 1. The van der Waals surface area contributed by atoms with E-state index >= 15 is 0 Å². The maximum atomic E-state index is 5.79. The van der Waals surface area contributed by atoms with Gasteiger partial charge in [0, 0.05) is 5.38 Å². The van der Waals surface area contributed by atoms with E-state index in [1.807, 2.05) is 0 Å². The molecule has 120 valence electrons. The molecule has 0 saturated carbocycles. The van der Waals surface area contributed by atoms with Gasteiger partial charge in [0.25, 0.3) is 0 Å². The zero-order valence-corrected chi connectivity index (χ0v) is 15.1. The second-order valence-electron chi connectivity index (χ2n) is 6.60. The Labute approximate surface area is 138 Å². The Bertz CT molecular complexity index is 405. The summed E-state index contributed by atoms with van der Waals surface area (Å²) >= 11 is 7.55. The van der Waals surface area contributed by atoms with Gasteiger partial charge in [-0.3, -0.25) is 0 Å². The average Bonchev–Trinajstić information content (AvgIpc) is 2.80. The van der Waals surface area contributed by atoms with Crippen LogP contribution in [0.25, 0.3) is 0 Å². The van der Waals surface area contributed by atoms with Crippen LogP contribution >= 0.6 is 22.9 Å². The van der Waals surface area contributed by atoms with E-state index in [1.165, 1.54) is 56.7 Å². The van der Waals surface area contributed by atoms with E-state index in [0.29, 0.717) is 5.88 Å². The highest BCUT2D eigenvalue weighted by atomic mass is 35.5. The van der Waals surface area contributed by atoms with Gasteiger partial charge >= 0.3 is 0 Å².